The molecule has 0 spiro atoms. The number of hydrogen-bond acceptors (Lipinski definition) is 3. The first kappa shape index (κ1) is 14.9. The van der Waals surface area contributed by atoms with E-state index in [0.29, 0.717) is 24.1 Å². The second-order valence-corrected chi connectivity index (χ2v) is 4.32. The van der Waals surface area contributed by atoms with Crippen molar-refractivity contribution in [1.29, 1.82) is 0 Å². The summed E-state index contributed by atoms with van der Waals surface area (Å²) >= 11 is 0. The average Bonchev–Trinajstić information content (AvgIpc) is 2.39. The number of amidine groups is 1. The van der Waals surface area contributed by atoms with E-state index in [2.05, 4.69) is 10.5 Å². The molecule has 1 rings (SSSR count). The Morgan fingerprint density at radius 1 is 1.58 bits per heavy atom. The van der Waals surface area contributed by atoms with Gasteiger partial charge in [-0.2, -0.15) is 0 Å². The lowest BCUT2D eigenvalue weighted by Crippen LogP contribution is -2.34. The number of anilines is 1. The van der Waals surface area contributed by atoms with Gasteiger partial charge in [-0.1, -0.05) is 24.6 Å². The third kappa shape index (κ3) is 3.94. The molecular weight excluding hydrogens is 249 g/mol. The molecule has 0 radical (unpaired) electrons. The van der Waals surface area contributed by atoms with Gasteiger partial charge in [0.15, 0.2) is 5.84 Å². The summed E-state index contributed by atoms with van der Waals surface area (Å²) in [6.45, 7) is 3.52. The molecule has 104 valence electrons. The Bertz CT molecular complexity index is 489. The van der Waals surface area contributed by atoms with E-state index in [-0.39, 0.29) is 5.84 Å². The molecule has 0 saturated carbocycles. The fourth-order valence-corrected chi connectivity index (χ4v) is 1.67. The van der Waals surface area contributed by atoms with Crippen molar-refractivity contribution in [2.75, 3.05) is 5.32 Å². The summed E-state index contributed by atoms with van der Waals surface area (Å²) in [5, 5.41) is 14.1. The Morgan fingerprint density at radius 2 is 2.26 bits per heavy atom. The molecule has 1 unspecified atom stereocenters. The molecule has 0 saturated heterocycles. The van der Waals surface area contributed by atoms with Gasteiger partial charge in [0.2, 0.25) is 5.91 Å². The van der Waals surface area contributed by atoms with Gasteiger partial charge in [0, 0.05) is 5.69 Å². The Morgan fingerprint density at radius 3 is 2.79 bits per heavy atom. The lowest BCUT2D eigenvalue weighted by Gasteiger charge is -2.14. The zero-order valence-electron chi connectivity index (χ0n) is 11.0. The molecule has 1 atom stereocenters. The molecule has 1 aromatic rings. The minimum atomic E-state index is -0.723. The zero-order valence-corrected chi connectivity index (χ0v) is 11.0. The highest BCUT2D eigenvalue weighted by Gasteiger charge is 2.22. The van der Waals surface area contributed by atoms with Crippen LogP contribution in [0.1, 0.15) is 25.3 Å². The number of hydrogen-bond donors (Lipinski definition) is 3. The number of nitrogens with two attached hydrogens (primary N) is 1. The summed E-state index contributed by atoms with van der Waals surface area (Å²) in [5.41, 5.74) is 6.32. The van der Waals surface area contributed by atoms with E-state index < -0.39 is 17.6 Å². The van der Waals surface area contributed by atoms with Crippen LogP contribution in [-0.4, -0.2) is 17.0 Å². The second kappa shape index (κ2) is 6.72. The SMILES string of the molecule is CCCC(C(=O)Nc1ccc(C)c(F)c1)C(N)=NO. The minimum Gasteiger partial charge on any atom is -0.409 e. The van der Waals surface area contributed by atoms with Crippen LogP contribution >= 0.6 is 0 Å². The van der Waals surface area contributed by atoms with Gasteiger partial charge in [-0.15, -0.1) is 0 Å². The molecule has 0 aliphatic rings. The van der Waals surface area contributed by atoms with Crippen LogP contribution in [0.25, 0.3) is 0 Å². The molecule has 4 N–H and O–H groups in total. The topological polar surface area (TPSA) is 87.7 Å². The van der Waals surface area contributed by atoms with Crippen molar-refractivity contribution < 1.29 is 14.4 Å². The quantitative estimate of drug-likeness (QED) is 0.331. The summed E-state index contributed by atoms with van der Waals surface area (Å²) in [5.74, 6) is -1.68. The van der Waals surface area contributed by atoms with Gasteiger partial charge in [-0.3, -0.25) is 4.79 Å². The lowest BCUT2D eigenvalue weighted by molar-refractivity contribution is -0.118. The summed E-state index contributed by atoms with van der Waals surface area (Å²) in [4.78, 5) is 12.0. The molecule has 1 amide bonds. The van der Waals surface area contributed by atoms with Gasteiger partial charge in [0.05, 0.1) is 5.92 Å². The molecule has 6 heteroatoms. The number of aryl methyl sites for hydroxylation is 1. The van der Waals surface area contributed by atoms with Crippen molar-refractivity contribution in [3.8, 4) is 0 Å². The number of rotatable bonds is 5. The van der Waals surface area contributed by atoms with E-state index in [4.69, 9.17) is 10.9 Å². The largest absolute Gasteiger partial charge is 0.409 e. The van der Waals surface area contributed by atoms with E-state index in [9.17, 15) is 9.18 Å². The molecule has 19 heavy (non-hydrogen) atoms. The highest BCUT2D eigenvalue weighted by atomic mass is 19.1. The first-order valence-electron chi connectivity index (χ1n) is 6.04. The van der Waals surface area contributed by atoms with Crippen LogP contribution in [0.3, 0.4) is 0 Å². The smallest absolute Gasteiger partial charge is 0.235 e. The van der Waals surface area contributed by atoms with Crippen LogP contribution in [0.2, 0.25) is 0 Å². The van der Waals surface area contributed by atoms with Crippen LogP contribution in [-0.2, 0) is 4.79 Å². The lowest BCUT2D eigenvalue weighted by atomic mass is 10.0. The molecule has 1 aromatic carbocycles. The van der Waals surface area contributed by atoms with Crippen LogP contribution < -0.4 is 11.1 Å². The number of amides is 1. The summed E-state index contributed by atoms with van der Waals surface area (Å²) in [7, 11) is 0. The molecule has 5 nitrogen and oxygen atoms in total. The van der Waals surface area contributed by atoms with Gasteiger partial charge in [-0.05, 0) is 31.0 Å². The van der Waals surface area contributed by atoms with Crippen molar-refractivity contribution in [1.82, 2.24) is 0 Å². The number of benzene rings is 1. The van der Waals surface area contributed by atoms with Gasteiger partial charge < -0.3 is 16.3 Å². The second-order valence-electron chi connectivity index (χ2n) is 4.32. The van der Waals surface area contributed by atoms with E-state index >= 15 is 0 Å². The normalized spacial score (nSPS) is 13.1. The maximum absolute atomic E-state index is 13.4. The van der Waals surface area contributed by atoms with Gasteiger partial charge in [0.25, 0.3) is 0 Å². The fourth-order valence-electron chi connectivity index (χ4n) is 1.67. The van der Waals surface area contributed by atoms with Crippen molar-refractivity contribution >= 4 is 17.4 Å². The summed E-state index contributed by atoms with van der Waals surface area (Å²) in [6, 6.07) is 4.41. The predicted molar refractivity (Wildman–Crippen MR) is 71.6 cm³/mol. The van der Waals surface area contributed by atoms with E-state index in [1.165, 1.54) is 6.07 Å². The van der Waals surface area contributed by atoms with Crippen molar-refractivity contribution in [2.24, 2.45) is 16.8 Å². The van der Waals surface area contributed by atoms with Crippen LogP contribution in [0.15, 0.2) is 23.4 Å². The highest BCUT2D eigenvalue weighted by molar-refractivity contribution is 6.07. The Labute approximate surface area is 111 Å². The van der Waals surface area contributed by atoms with Crippen LogP contribution in [0, 0.1) is 18.7 Å². The van der Waals surface area contributed by atoms with Gasteiger partial charge in [-0.25, -0.2) is 4.39 Å². The number of carbonyl (C=O) groups excluding carboxylic acids is 1. The molecule has 0 bridgehead atoms. The van der Waals surface area contributed by atoms with Gasteiger partial charge >= 0.3 is 0 Å². The van der Waals surface area contributed by atoms with Crippen LogP contribution in [0.5, 0.6) is 0 Å². The van der Waals surface area contributed by atoms with Crippen LogP contribution in [0.4, 0.5) is 10.1 Å². The van der Waals surface area contributed by atoms with Crippen molar-refractivity contribution in [2.45, 2.75) is 26.7 Å². The third-order valence-electron chi connectivity index (χ3n) is 2.81. The first-order chi connectivity index (χ1) is 8.99. The predicted octanol–water partition coefficient (Wildman–Crippen LogP) is 2.24. The Hall–Kier alpha value is -2.11. The number of nitrogens with one attached hydrogen (secondary N) is 1. The third-order valence-corrected chi connectivity index (χ3v) is 2.81. The average molecular weight is 267 g/mol. The monoisotopic (exact) mass is 267 g/mol. The number of oxime groups is 1. The fraction of sp³-hybridized carbons (Fsp3) is 0.385. The van der Waals surface area contributed by atoms with E-state index in [1.807, 2.05) is 6.92 Å². The number of carbonyl (C=O) groups is 1. The molecule has 0 aliphatic heterocycles. The minimum absolute atomic E-state index is 0.146. The molecule has 0 aromatic heterocycles. The summed E-state index contributed by atoms with van der Waals surface area (Å²) < 4.78 is 13.4. The van der Waals surface area contributed by atoms with Crippen molar-refractivity contribution in [3.63, 3.8) is 0 Å². The Kier molecular flexibility index (Phi) is 5.29. The highest BCUT2D eigenvalue weighted by Crippen LogP contribution is 2.16. The molecule has 0 fully saturated rings. The van der Waals surface area contributed by atoms with E-state index in [1.54, 1.807) is 19.1 Å². The van der Waals surface area contributed by atoms with E-state index in [0.717, 1.165) is 0 Å². The molecule has 0 aliphatic carbocycles. The standard InChI is InChI=1S/C13H18FN3O2/c1-3-4-10(12(15)17-19)13(18)16-9-6-5-8(2)11(14)7-9/h5-7,10,19H,3-4H2,1-2H3,(H2,15,17)(H,16,18). The number of halogens is 1. The summed E-state index contributed by atoms with van der Waals surface area (Å²) in [6.07, 6.45) is 1.16. The Balaban J connectivity index is 2.84. The molecular formula is C13H18FN3O2. The zero-order chi connectivity index (χ0) is 14.4. The first-order valence-corrected chi connectivity index (χ1v) is 6.04. The molecule has 0 heterocycles. The maximum atomic E-state index is 13.4. The van der Waals surface area contributed by atoms with Gasteiger partial charge in [0.1, 0.15) is 5.82 Å². The maximum Gasteiger partial charge on any atom is 0.235 e. The number of nitrogens with zero attached hydrogens (tertiary/aromatic N) is 1. The van der Waals surface area contributed by atoms with Crippen molar-refractivity contribution in [3.05, 3.63) is 29.6 Å².